The normalized spacial score (nSPS) is 22.1. The van der Waals surface area contributed by atoms with Crippen LogP contribution >= 0.6 is 11.8 Å². The fraction of sp³-hybridized carbons (Fsp3) is 0.412. The van der Waals surface area contributed by atoms with Crippen molar-refractivity contribution in [1.29, 1.82) is 0 Å². The molecule has 3 amide bonds. The number of benzene rings is 1. The lowest BCUT2D eigenvalue weighted by atomic mass is 10.1. The molecule has 0 radical (unpaired) electrons. The van der Waals surface area contributed by atoms with E-state index in [0.29, 0.717) is 11.7 Å². The Morgan fingerprint density at radius 3 is 2.73 bits per heavy atom. The maximum atomic E-state index is 12.4. The quantitative estimate of drug-likeness (QED) is 0.767. The van der Waals surface area contributed by atoms with Gasteiger partial charge in [0.05, 0.1) is 5.75 Å². The SMILES string of the molecule is CN1C(=O)NC(=O)C2C1N=C(SCC(=O)O)N2CCCc1ccccc1. The van der Waals surface area contributed by atoms with Crippen molar-refractivity contribution in [2.45, 2.75) is 25.0 Å². The number of carbonyl (C=O) groups excluding carboxylic acids is 2. The Bertz CT molecular complexity index is 740. The number of amidine groups is 1. The van der Waals surface area contributed by atoms with Crippen LogP contribution in [0.3, 0.4) is 0 Å². The Balaban J connectivity index is 1.73. The van der Waals surface area contributed by atoms with E-state index in [1.807, 2.05) is 35.2 Å². The summed E-state index contributed by atoms with van der Waals surface area (Å²) in [6.45, 7) is 0.553. The van der Waals surface area contributed by atoms with Crippen molar-refractivity contribution in [3.05, 3.63) is 35.9 Å². The number of aliphatic imine (C=N–C) groups is 1. The zero-order chi connectivity index (χ0) is 18.7. The highest BCUT2D eigenvalue weighted by molar-refractivity contribution is 8.14. The van der Waals surface area contributed by atoms with Gasteiger partial charge in [0, 0.05) is 13.6 Å². The van der Waals surface area contributed by atoms with Crippen LogP contribution in [0.2, 0.25) is 0 Å². The fourth-order valence-corrected chi connectivity index (χ4v) is 3.89. The van der Waals surface area contributed by atoms with Gasteiger partial charge in [0.15, 0.2) is 17.4 Å². The van der Waals surface area contributed by atoms with E-state index in [1.54, 1.807) is 7.05 Å². The average Bonchev–Trinajstić information content (AvgIpc) is 2.98. The Hall–Kier alpha value is -2.55. The summed E-state index contributed by atoms with van der Waals surface area (Å²) in [7, 11) is 1.58. The number of aliphatic carboxylic acids is 1. The van der Waals surface area contributed by atoms with Crippen LogP contribution in [0.4, 0.5) is 4.79 Å². The van der Waals surface area contributed by atoms with Crippen molar-refractivity contribution < 1.29 is 19.5 Å². The number of rotatable bonds is 6. The third-order valence-electron chi connectivity index (χ3n) is 4.35. The number of nitrogens with one attached hydrogen (secondary N) is 1. The van der Waals surface area contributed by atoms with Gasteiger partial charge < -0.3 is 14.9 Å². The molecule has 26 heavy (non-hydrogen) atoms. The average molecular weight is 376 g/mol. The maximum Gasteiger partial charge on any atom is 0.325 e. The first kappa shape index (κ1) is 18.2. The number of nitrogens with zero attached hydrogens (tertiary/aromatic N) is 3. The molecule has 1 aromatic rings. The van der Waals surface area contributed by atoms with Gasteiger partial charge in [0.2, 0.25) is 0 Å². The second kappa shape index (κ2) is 7.77. The van der Waals surface area contributed by atoms with Gasteiger partial charge in [0.1, 0.15) is 0 Å². The number of carbonyl (C=O) groups is 3. The van der Waals surface area contributed by atoms with Gasteiger partial charge >= 0.3 is 12.0 Å². The van der Waals surface area contributed by atoms with Gasteiger partial charge in [-0.3, -0.25) is 14.9 Å². The minimum absolute atomic E-state index is 0.146. The number of carboxylic acids is 1. The predicted molar refractivity (Wildman–Crippen MR) is 97.9 cm³/mol. The monoisotopic (exact) mass is 376 g/mol. The smallest absolute Gasteiger partial charge is 0.325 e. The number of hydrogen-bond acceptors (Lipinski definition) is 6. The molecule has 2 unspecified atom stereocenters. The number of hydrogen-bond donors (Lipinski definition) is 2. The summed E-state index contributed by atoms with van der Waals surface area (Å²) in [6.07, 6.45) is 0.997. The highest BCUT2D eigenvalue weighted by Gasteiger charge is 2.48. The topological polar surface area (TPSA) is 102 Å². The number of imide groups is 1. The summed E-state index contributed by atoms with van der Waals surface area (Å²) in [5, 5.41) is 11.8. The van der Waals surface area contributed by atoms with Gasteiger partial charge in [-0.15, -0.1) is 0 Å². The summed E-state index contributed by atoms with van der Waals surface area (Å²) >= 11 is 1.08. The zero-order valence-electron chi connectivity index (χ0n) is 14.3. The van der Waals surface area contributed by atoms with Crippen LogP contribution in [-0.4, -0.2) is 69.5 Å². The fourth-order valence-electron chi connectivity index (χ4n) is 3.08. The van der Waals surface area contributed by atoms with Crippen LogP contribution < -0.4 is 5.32 Å². The molecule has 1 aromatic carbocycles. The van der Waals surface area contributed by atoms with Crippen LogP contribution in [0.1, 0.15) is 12.0 Å². The Labute approximate surface area is 155 Å². The molecule has 1 fully saturated rings. The lowest BCUT2D eigenvalue weighted by Gasteiger charge is -2.36. The molecule has 0 spiro atoms. The first-order chi connectivity index (χ1) is 12.5. The van der Waals surface area contributed by atoms with Crippen molar-refractivity contribution in [2.24, 2.45) is 4.99 Å². The van der Waals surface area contributed by atoms with Crippen LogP contribution in [0.25, 0.3) is 0 Å². The van der Waals surface area contributed by atoms with Crippen LogP contribution in [-0.2, 0) is 16.0 Å². The van der Waals surface area contributed by atoms with Crippen molar-refractivity contribution in [2.75, 3.05) is 19.3 Å². The van der Waals surface area contributed by atoms with Crippen LogP contribution in [0.5, 0.6) is 0 Å². The molecular formula is C17H20N4O4S. The number of urea groups is 1. The maximum absolute atomic E-state index is 12.4. The van der Waals surface area contributed by atoms with Crippen LogP contribution in [0, 0.1) is 0 Å². The second-order valence-electron chi connectivity index (χ2n) is 6.14. The molecule has 1 saturated heterocycles. The van der Waals surface area contributed by atoms with Crippen molar-refractivity contribution in [3.8, 4) is 0 Å². The van der Waals surface area contributed by atoms with E-state index in [2.05, 4.69) is 10.3 Å². The van der Waals surface area contributed by atoms with Gasteiger partial charge in [-0.1, -0.05) is 42.1 Å². The third kappa shape index (κ3) is 3.82. The Morgan fingerprint density at radius 1 is 1.31 bits per heavy atom. The van der Waals surface area contributed by atoms with E-state index in [4.69, 9.17) is 5.11 Å². The van der Waals surface area contributed by atoms with Gasteiger partial charge in [0.25, 0.3) is 5.91 Å². The lowest BCUT2D eigenvalue weighted by Crippen LogP contribution is -2.63. The number of fused-ring (bicyclic) bond motifs is 1. The minimum Gasteiger partial charge on any atom is -0.481 e. The largest absolute Gasteiger partial charge is 0.481 e. The van der Waals surface area contributed by atoms with E-state index in [9.17, 15) is 14.4 Å². The number of aryl methyl sites for hydroxylation is 1. The van der Waals surface area contributed by atoms with Crippen molar-refractivity contribution >= 4 is 34.8 Å². The number of amides is 3. The summed E-state index contributed by atoms with van der Waals surface area (Å²) in [4.78, 5) is 42.8. The predicted octanol–water partition coefficient (Wildman–Crippen LogP) is 0.985. The Morgan fingerprint density at radius 2 is 2.04 bits per heavy atom. The van der Waals surface area contributed by atoms with Gasteiger partial charge in [-0.2, -0.15) is 0 Å². The van der Waals surface area contributed by atoms with E-state index >= 15 is 0 Å². The molecule has 0 bridgehead atoms. The van der Waals surface area contributed by atoms with E-state index in [-0.39, 0.29) is 5.75 Å². The molecule has 2 aliphatic heterocycles. The molecule has 138 valence electrons. The molecule has 0 aliphatic carbocycles. The number of carboxylic acid groups (broad SMARTS) is 1. The minimum atomic E-state index is -0.953. The molecule has 2 heterocycles. The van der Waals surface area contributed by atoms with Gasteiger partial charge in [-0.05, 0) is 18.4 Å². The van der Waals surface area contributed by atoms with Crippen molar-refractivity contribution in [3.63, 3.8) is 0 Å². The van der Waals surface area contributed by atoms with Crippen LogP contribution in [0.15, 0.2) is 35.3 Å². The molecule has 0 saturated carbocycles. The van der Waals surface area contributed by atoms with Gasteiger partial charge in [-0.25, -0.2) is 9.79 Å². The lowest BCUT2D eigenvalue weighted by molar-refractivity contribution is -0.134. The molecular weight excluding hydrogens is 356 g/mol. The summed E-state index contributed by atoms with van der Waals surface area (Å²) in [6, 6.07) is 8.89. The summed E-state index contributed by atoms with van der Waals surface area (Å²) in [5.41, 5.74) is 1.19. The van der Waals surface area contributed by atoms with Crippen molar-refractivity contribution in [1.82, 2.24) is 15.1 Å². The molecule has 9 heteroatoms. The second-order valence-corrected chi connectivity index (χ2v) is 7.08. The number of likely N-dealkylation sites (N-methyl/N-ethyl adjacent to an activating group) is 1. The molecule has 3 rings (SSSR count). The zero-order valence-corrected chi connectivity index (χ0v) is 15.1. The first-order valence-electron chi connectivity index (χ1n) is 8.28. The van der Waals surface area contributed by atoms with E-state index in [0.717, 1.165) is 24.6 Å². The molecule has 0 aromatic heterocycles. The van der Waals surface area contributed by atoms with E-state index in [1.165, 1.54) is 10.5 Å². The molecule has 8 nitrogen and oxygen atoms in total. The highest BCUT2D eigenvalue weighted by Crippen LogP contribution is 2.28. The first-order valence-corrected chi connectivity index (χ1v) is 9.26. The molecule has 2 atom stereocenters. The standard InChI is InChI=1S/C17H20N4O4S/c1-20-14-13(15(24)19-16(20)25)21(17(18-14)26-10-12(22)23)9-5-8-11-6-3-2-4-7-11/h2-4,6-7,13-14H,5,8-10H2,1H3,(H,22,23)(H,19,24,25). The number of thioether (sulfide) groups is 1. The summed E-state index contributed by atoms with van der Waals surface area (Å²) in [5.74, 6) is -1.50. The molecule has 2 N–H and O–H groups in total. The highest BCUT2D eigenvalue weighted by atomic mass is 32.2. The molecule has 2 aliphatic rings. The van der Waals surface area contributed by atoms with E-state index < -0.39 is 30.1 Å². The Kier molecular flexibility index (Phi) is 5.46. The third-order valence-corrected chi connectivity index (χ3v) is 5.34. The summed E-state index contributed by atoms with van der Waals surface area (Å²) < 4.78 is 0.